The predicted octanol–water partition coefficient (Wildman–Crippen LogP) is 3.70. The fraction of sp³-hybridized carbons (Fsp3) is 0.733. The zero-order valence-corrected chi connectivity index (χ0v) is 10.5. The molecule has 0 aromatic carbocycles. The summed E-state index contributed by atoms with van der Waals surface area (Å²) in [6, 6.07) is 0. The van der Waals surface area contributed by atoms with Gasteiger partial charge < -0.3 is 5.11 Å². The Hall–Kier alpha value is -0.560. The van der Waals surface area contributed by atoms with E-state index in [0.29, 0.717) is 17.3 Å². The maximum atomic E-state index is 9.19. The second-order valence-electron chi connectivity index (χ2n) is 6.01. The van der Waals surface area contributed by atoms with E-state index < -0.39 is 0 Å². The molecule has 2 saturated carbocycles. The lowest BCUT2D eigenvalue weighted by Gasteiger charge is -2.49. The van der Waals surface area contributed by atoms with Gasteiger partial charge in [0.15, 0.2) is 0 Å². The summed E-state index contributed by atoms with van der Waals surface area (Å²) in [7, 11) is 0. The third-order valence-corrected chi connectivity index (χ3v) is 4.94. The first kappa shape index (κ1) is 11.9. The molecule has 1 nitrogen and oxygen atoms in total. The van der Waals surface area contributed by atoms with E-state index in [1.807, 2.05) is 0 Å². The van der Waals surface area contributed by atoms with Gasteiger partial charge in [0.1, 0.15) is 0 Å². The van der Waals surface area contributed by atoms with Gasteiger partial charge in [-0.1, -0.05) is 25.7 Å². The van der Waals surface area contributed by atoms with Crippen molar-refractivity contribution in [2.24, 2.45) is 17.3 Å². The molecular formula is C15H24O. The molecule has 0 bridgehead atoms. The first-order valence-electron chi connectivity index (χ1n) is 6.53. The molecule has 2 aliphatic carbocycles. The first-order valence-corrected chi connectivity index (χ1v) is 6.53. The monoisotopic (exact) mass is 220 g/mol. The minimum atomic E-state index is 0.153. The topological polar surface area (TPSA) is 20.2 Å². The van der Waals surface area contributed by atoms with Crippen molar-refractivity contribution in [2.45, 2.75) is 45.4 Å². The molecule has 1 heteroatoms. The van der Waals surface area contributed by atoms with Crippen LogP contribution >= 0.6 is 0 Å². The third kappa shape index (κ3) is 1.98. The van der Waals surface area contributed by atoms with Gasteiger partial charge in [-0.3, -0.25) is 0 Å². The van der Waals surface area contributed by atoms with Gasteiger partial charge in [0.05, 0.1) is 6.61 Å². The van der Waals surface area contributed by atoms with Crippen molar-refractivity contribution in [1.82, 2.24) is 0 Å². The van der Waals surface area contributed by atoms with Gasteiger partial charge in [0.25, 0.3) is 0 Å². The Labute approximate surface area is 99.3 Å². The minimum Gasteiger partial charge on any atom is -0.392 e. The molecule has 2 fully saturated rings. The van der Waals surface area contributed by atoms with E-state index in [2.05, 4.69) is 20.1 Å². The molecule has 0 amide bonds. The summed E-state index contributed by atoms with van der Waals surface area (Å²) in [5.74, 6) is 1.20. The molecule has 1 N–H and O–H groups in total. The standard InChI is InChI=1S/C15H24O/c1-11-5-4-7-15(3)8-6-13(9-14(11)15)12(2)10-16/h13-14,16H,1-2,4-10H2,3H3/t13-,14+,15-/m0/s1. The van der Waals surface area contributed by atoms with Crippen molar-refractivity contribution >= 4 is 0 Å². The maximum Gasteiger partial charge on any atom is 0.0641 e. The second-order valence-corrected chi connectivity index (χ2v) is 6.01. The Morgan fingerprint density at radius 1 is 1.50 bits per heavy atom. The molecule has 16 heavy (non-hydrogen) atoms. The number of allylic oxidation sites excluding steroid dienone is 1. The highest BCUT2D eigenvalue weighted by molar-refractivity contribution is 5.15. The number of fused-ring (bicyclic) bond motifs is 1. The van der Waals surface area contributed by atoms with Gasteiger partial charge in [-0.15, -0.1) is 0 Å². The average molecular weight is 220 g/mol. The fourth-order valence-electron chi connectivity index (χ4n) is 3.72. The van der Waals surface area contributed by atoms with Gasteiger partial charge in [-0.05, 0) is 61.3 Å². The molecule has 2 aliphatic rings. The Bertz CT molecular complexity index is 305. The normalized spacial score (nSPS) is 39.2. The maximum absolute atomic E-state index is 9.19. The summed E-state index contributed by atoms with van der Waals surface area (Å²) in [5, 5.41) is 9.19. The van der Waals surface area contributed by atoms with Gasteiger partial charge >= 0.3 is 0 Å². The van der Waals surface area contributed by atoms with E-state index in [9.17, 15) is 5.11 Å². The Morgan fingerprint density at radius 2 is 2.25 bits per heavy atom. The van der Waals surface area contributed by atoms with Crippen molar-refractivity contribution in [3.8, 4) is 0 Å². The zero-order valence-electron chi connectivity index (χ0n) is 10.5. The van der Waals surface area contributed by atoms with E-state index in [-0.39, 0.29) is 6.61 Å². The number of rotatable bonds is 2. The second kappa shape index (κ2) is 4.37. The van der Waals surface area contributed by atoms with Crippen molar-refractivity contribution in [3.63, 3.8) is 0 Å². The summed E-state index contributed by atoms with van der Waals surface area (Å²) in [6.07, 6.45) is 7.54. The van der Waals surface area contributed by atoms with Crippen molar-refractivity contribution in [1.29, 1.82) is 0 Å². The van der Waals surface area contributed by atoms with Crippen LogP contribution in [0.15, 0.2) is 24.3 Å². The molecule has 0 heterocycles. The van der Waals surface area contributed by atoms with Gasteiger partial charge in [-0.2, -0.15) is 0 Å². The Kier molecular flexibility index (Phi) is 3.25. The predicted molar refractivity (Wildman–Crippen MR) is 68.2 cm³/mol. The Balaban J connectivity index is 2.12. The molecule has 0 spiro atoms. The lowest BCUT2D eigenvalue weighted by atomic mass is 9.56. The van der Waals surface area contributed by atoms with E-state index in [1.165, 1.54) is 44.1 Å². The van der Waals surface area contributed by atoms with Crippen LogP contribution in [0.2, 0.25) is 0 Å². The highest BCUT2D eigenvalue weighted by atomic mass is 16.3. The fourth-order valence-corrected chi connectivity index (χ4v) is 3.72. The van der Waals surface area contributed by atoms with Crippen LogP contribution in [0.3, 0.4) is 0 Å². The molecule has 0 radical (unpaired) electrons. The van der Waals surface area contributed by atoms with Crippen LogP contribution in [-0.4, -0.2) is 11.7 Å². The van der Waals surface area contributed by atoms with Crippen LogP contribution in [0, 0.1) is 17.3 Å². The van der Waals surface area contributed by atoms with E-state index in [4.69, 9.17) is 0 Å². The summed E-state index contributed by atoms with van der Waals surface area (Å²) in [6.45, 7) is 10.9. The molecule has 90 valence electrons. The molecule has 2 rings (SSSR count). The van der Waals surface area contributed by atoms with Crippen molar-refractivity contribution in [3.05, 3.63) is 24.3 Å². The molecule has 0 aromatic rings. The van der Waals surface area contributed by atoms with Gasteiger partial charge in [0.2, 0.25) is 0 Å². The van der Waals surface area contributed by atoms with E-state index in [1.54, 1.807) is 0 Å². The number of aliphatic hydroxyl groups excluding tert-OH is 1. The SMILES string of the molecule is C=C(CO)[C@H]1CC[C@]2(C)CCCC(=C)[C@H]2C1. The number of hydrogen-bond acceptors (Lipinski definition) is 1. The van der Waals surface area contributed by atoms with Crippen molar-refractivity contribution in [2.75, 3.05) is 6.61 Å². The van der Waals surface area contributed by atoms with Crippen LogP contribution < -0.4 is 0 Å². The van der Waals surface area contributed by atoms with Crippen LogP contribution in [0.5, 0.6) is 0 Å². The largest absolute Gasteiger partial charge is 0.392 e. The molecule has 3 atom stereocenters. The molecule has 0 aliphatic heterocycles. The summed E-state index contributed by atoms with van der Waals surface area (Å²) in [4.78, 5) is 0. The van der Waals surface area contributed by atoms with Gasteiger partial charge in [0, 0.05) is 0 Å². The van der Waals surface area contributed by atoms with Crippen LogP contribution in [0.4, 0.5) is 0 Å². The highest BCUT2D eigenvalue weighted by Crippen LogP contribution is 2.54. The summed E-state index contributed by atoms with van der Waals surface area (Å²) >= 11 is 0. The lowest BCUT2D eigenvalue weighted by Crippen LogP contribution is -2.38. The smallest absolute Gasteiger partial charge is 0.0641 e. The number of aliphatic hydroxyl groups is 1. The molecule has 0 aromatic heterocycles. The minimum absolute atomic E-state index is 0.153. The Morgan fingerprint density at radius 3 is 2.94 bits per heavy atom. The lowest BCUT2D eigenvalue weighted by molar-refractivity contribution is 0.0800. The quantitative estimate of drug-likeness (QED) is 0.704. The molecular weight excluding hydrogens is 196 g/mol. The first-order chi connectivity index (χ1) is 7.57. The van der Waals surface area contributed by atoms with Crippen LogP contribution in [-0.2, 0) is 0 Å². The number of hydrogen-bond donors (Lipinski definition) is 1. The average Bonchev–Trinajstić information content (AvgIpc) is 2.27. The van der Waals surface area contributed by atoms with Crippen LogP contribution in [0.1, 0.15) is 45.4 Å². The van der Waals surface area contributed by atoms with Crippen molar-refractivity contribution < 1.29 is 5.11 Å². The van der Waals surface area contributed by atoms with Gasteiger partial charge in [-0.25, -0.2) is 0 Å². The van der Waals surface area contributed by atoms with E-state index >= 15 is 0 Å². The van der Waals surface area contributed by atoms with Crippen LogP contribution in [0.25, 0.3) is 0 Å². The zero-order chi connectivity index (χ0) is 11.8. The summed E-state index contributed by atoms with van der Waals surface area (Å²) < 4.78 is 0. The highest BCUT2D eigenvalue weighted by Gasteiger charge is 2.43. The summed E-state index contributed by atoms with van der Waals surface area (Å²) in [5.41, 5.74) is 2.96. The molecule has 0 unspecified atom stereocenters. The third-order valence-electron chi connectivity index (χ3n) is 4.94. The van der Waals surface area contributed by atoms with E-state index in [0.717, 1.165) is 5.57 Å². The molecule has 0 saturated heterocycles.